The van der Waals surface area contributed by atoms with Crippen LogP contribution < -0.4 is 0 Å². The average Bonchev–Trinajstić information content (AvgIpc) is 2.09. The molecule has 0 aromatic carbocycles. The molecule has 0 saturated carbocycles. The fraction of sp³-hybridized carbons (Fsp3) is 0.909. The van der Waals surface area contributed by atoms with Gasteiger partial charge in [-0.05, 0) is 34.4 Å². The van der Waals surface area contributed by atoms with Crippen molar-refractivity contribution in [3.63, 3.8) is 0 Å². The second kappa shape index (κ2) is 7.80. The zero-order valence-electron chi connectivity index (χ0n) is 10.2. The minimum atomic E-state index is 0.182. The van der Waals surface area contributed by atoms with Gasteiger partial charge in [0.25, 0.3) is 0 Å². The van der Waals surface area contributed by atoms with E-state index < -0.39 is 0 Å². The van der Waals surface area contributed by atoms with E-state index in [4.69, 9.17) is 4.84 Å². The number of oxime groups is 1. The third kappa shape index (κ3) is 8.05. The molecule has 0 rings (SSSR count). The second-order valence-electron chi connectivity index (χ2n) is 4.11. The average molecular weight is 200 g/mol. The molecule has 0 aromatic heterocycles. The Morgan fingerprint density at radius 3 is 2.36 bits per heavy atom. The van der Waals surface area contributed by atoms with Crippen LogP contribution in [0.25, 0.3) is 0 Å². The van der Waals surface area contributed by atoms with Gasteiger partial charge in [-0.15, -0.1) is 0 Å². The molecule has 0 heterocycles. The van der Waals surface area contributed by atoms with E-state index >= 15 is 0 Å². The minimum absolute atomic E-state index is 0.182. The van der Waals surface area contributed by atoms with Crippen molar-refractivity contribution >= 4 is 5.71 Å². The van der Waals surface area contributed by atoms with Crippen LogP contribution in [0.15, 0.2) is 5.16 Å². The Morgan fingerprint density at radius 1 is 1.29 bits per heavy atom. The highest BCUT2D eigenvalue weighted by Crippen LogP contribution is 2.01. The molecule has 3 heteroatoms. The summed E-state index contributed by atoms with van der Waals surface area (Å²) in [6.07, 6.45) is 3.36. The molecule has 0 atom stereocenters. The molecule has 0 amide bonds. The Balaban J connectivity index is 3.93. The summed E-state index contributed by atoms with van der Waals surface area (Å²) in [6, 6.07) is 0. The molecule has 14 heavy (non-hydrogen) atoms. The third-order valence-electron chi connectivity index (χ3n) is 1.78. The lowest BCUT2D eigenvalue weighted by atomic mass is 10.1. The SMILES string of the molecule is CCC/C(CCN(C)C)=N/OC(C)C. The largest absolute Gasteiger partial charge is 0.393 e. The van der Waals surface area contributed by atoms with Crippen LogP contribution in [0.2, 0.25) is 0 Å². The molecule has 84 valence electrons. The van der Waals surface area contributed by atoms with Crippen molar-refractivity contribution in [1.82, 2.24) is 4.90 Å². The molecule has 0 aliphatic rings. The predicted octanol–water partition coefficient (Wildman–Crippen LogP) is 2.52. The van der Waals surface area contributed by atoms with E-state index in [1.165, 1.54) is 5.71 Å². The molecule has 0 spiro atoms. The maximum absolute atomic E-state index is 5.26. The van der Waals surface area contributed by atoms with Crippen molar-refractivity contribution < 1.29 is 4.84 Å². The lowest BCUT2D eigenvalue weighted by Crippen LogP contribution is -2.17. The van der Waals surface area contributed by atoms with Gasteiger partial charge in [-0.1, -0.05) is 18.5 Å². The minimum Gasteiger partial charge on any atom is -0.393 e. The summed E-state index contributed by atoms with van der Waals surface area (Å²) in [7, 11) is 4.15. The van der Waals surface area contributed by atoms with Crippen LogP contribution in [-0.4, -0.2) is 37.4 Å². The monoisotopic (exact) mass is 200 g/mol. The second-order valence-corrected chi connectivity index (χ2v) is 4.11. The highest BCUT2D eigenvalue weighted by molar-refractivity contribution is 5.84. The van der Waals surface area contributed by atoms with Gasteiger partial charge < -0.3 is 9.74 Å². The number of nitrogens with zero attached hydrogens (tertiary/aromatic N) is 2. The summed E-state index contributed by atoms with van der Waals surface area (Å²) >= 11 is 0. The van der Waals surface area contributed by atoms with Crippen LogP contribution in [0.3, 0.4) is 0 Å². The van der Waals surface area contributed by atoms with E-state index in [-0.39, 0.29) is 6.10 Å². The first-order valence-corrected chi connectivity index (χ1v) is 5.42. The van der Waals surface area contributed by atoms with Gasteiger partial charge in [0.1, 0.15) is 6.10 Å². The predicted molar refractivity (Wildman–Crippen MR) is 61.7 cm³/mol. The zero-order chi connectivity index (χ0) is 11.0. The Kier molecular flexibility index (Phi) is 7.48. The fourth-order valence-electron chi connectivity index (χ4n) is 1.04. The number of hydrogen-bond donors (Lipinski definition) is 0. The smallest absolute Gasteiger partial charge is 0.122 e. The molecule has 0 saturated heterocycles. The first kappa shape index (κ1) is 13.4. The topological polar surface area (TPSA) is 24.8 Å². The van der Waals surface area contributed by atoms with E-state index in [0.717, 1.165) is 25.8 Å². The summed E-state index contributed by atoms with van der Waals surface area (Å²) in [5, 5.41) is 4.17. The third-order valence-corrected chi connectivity index (χ3v) is 1.78. The van der Waals surface area contributed by atoms with E-state index in [9.17, 15) is 0 Å². The molecule has 0 fully saturated rings. The van der Waals surface area contributed by atoms with E-state index in [1.807, 2.05) is 13.8 Å². The Bertz CT molecular complexity index is 165. The molecule has 3 nitrogen and oxygen atoms in total. The van der Waals surface area contributed by atoms with Crippen molar-refractivity contribution in [2.24, 2.45) is 5.16 Å². The first-order valence-electron chi connectivity index (χ1n) is 5.42. The van der Waals surface area contributed by atoms with Crippen molar-refractivity contribution in [3.05, 3.63) is 0 Å². The summed E-state index contributed by atoms with van der Waals surface area (Å²) in [5.41, 5.74) is 1.18. The standard InChI is InChI=1S/C11H24N2O/c1-6-7-11(8-9-13(4)5)12-14-10(2)3/h10H,6-9H2,1-5H3/b12-11-. The zero-order valence-corrected chi connectivity index (χ0v) is 10.2. The van der Waals surface area contributed by atoms with E-state index in [1.54, 1.807) is 0 Å². The van der Waals surface area contributed by atoms with Gasteiger partial charge in [0.2, 0.25) is 0 Å². The number of rotatable bonds is 7. The number of hydrogen-bond acceptors (Lipinski definition) is 3. The van der Waals surface area contributed by atoms with Gasteiger partial charge in [0.05, 0.1) is 5.71 Å². The van der Waals surface area contributed by atoms with Crippen molar-refractivity contribution in [3.8, 4) is 0 Å². The Morgan fingerprint density at radius 2 is 1.93 bits per heavy atom. The Hall–Kier alpha value is -0.570. The maximum atomic E-state index is 5.26. The molecular weight excluding hydrogens is 176 g/mol. The van der Waals surface area contributed by atoms with Crippen LogP contribution in [0.1, 0.15) is 40.0 Å². The summed E-state index contributed by atoms with van der Waals surface area (Å²) in [5.74, 6) is 0. The molecule has 0 aliphatic heterocycles. The van der Waals surface area contributed by atoms with Crippen LogP contribution >= 0.6 is 0 Å². The lowest BCUT2D eigenvalue weighted by molar-refractivity contribution is 0.0847. The van der Waals surface area contributed by atoms with Gasteiger partial charge in [-0.3, -0.25) is 0 Å². The van der Waals surface area contributed by atoms with Crippen LogP contribution in [0.4, 0.5) is 0 Å². The summed E-state index contributed by atoms with van der Waals surface area (Å²) in [4.78, 5) is 7.43. The molecule has 0 aromatic rings. The summed E-state index contributed by atoms with van der Waals surface area (Å²) < 4.78 is 0. The fourth-order valence-corrected chi connectivity index (χ4v) is 1.04. The first-order chi connectivity index (χ1) is 6.56. The van der Waals surface area contributed by atoms with E-state index in [0.29, 0.717) is 0 Å². The van der Waals surface area contributed by atoms with E-state index in [2.05, 4.69) is 31.1 Å². The maximum Gasteiger partial charge on any atom is 0.122 e. The van der Waals surface area contributed by atoms with Gasteiger partial charge in [0.15, 0.2) is 0 Å². The van der Waals surface area contributed by atoms with Crippen LogP contribution in [0, 0.1) is 0 Å². The molecule has 0 bridgehead atoms. The van der Waals surface area contributed by atoms with Crippen molar-refractivity contribution in [2.75, 3.05) is 20.6 Å². The molecule has 0 unspecified atom stereocenters. The molecule has 0 aliphatic carbocycles. The van der Waals surface area contributed by atoms with Crippen molar-refractivity contribution in [1.29, 1.82) is 0 Å². The van der Waals surface area contributed by atoms with Gasteiger partial charge in [-0.2, -0.15) is 0 Å². The Labute approximate surface area is 88.1 Å². The van der Waals surface area contributed by atoms with Crippen LogP contribution in [0.5, 0.6) is 0 Å². The molecule has 0 N–H and O–H groups in total. The normalized spacial score (nSPS) is 12.6. The van der Waals surface area contributed by atoms with Crippen molar-refractivity contribution in [2.45, 2.75) is 46.1 Å². The highest BCUT2D eigenvalue weighted by atomic mass is 16.6. The van der Waals surface area contributed by atoms with Gasteiger partial charge in [-0.25, -0.2) is 0 Å². The van der Waals surface area contributed by atoms with Crippen LogP contribution in [-0.2, 0) is 4.84 Å². The quantitative estimate of drug-likeness (QED) is 0.466. The van der Waals surface area contributed by atoms with Gasteiger partial charge in [0, 0.05) is 13.0 Å². The lowest BCUT2D eigenvalue weighted by Gasteiger charge is -2.11. The molecule has 0 radical (unpaired) electrons. The molecular formula is C11H24N2O. The highest BCUT2D eigenvalue weighted by Gasteiger charge is 2.01. The summed E-state index contributed by atoms with van der Waals surface area (Å²) in [6.45, 7) is 7.21. The van der Waals surface area contributed by atoms with Gasteiger partial charge >= 0.3 is 0 Å².